The van der Waals surface area contributed by atoms with Crippen molar-refractivity contribution in [3.05, 3.63) is 76.6 Å². The molecule has 0 bridgehead atoms. The first-order valence-corrected chi connectivity index (χ1v) is 12.2. The van der Waals surface area contributed by atoms with Gasteiger partial charge in [0, 0.05) is 57.8 Å². The van der Waals surface area contributed by atoms with E-state index in [-0.39, 0.29) is 12.3 Å². The van der Waals surface area contributed by atoms with E-state index in [9.17, 15) is 9.59 Å². The Hall–Kier alpha value is -2.83. The van der Waals surface area contributed by atoms with Crippen molar-refractivity contribution in [3.63, 3.8) is 0 Å². The first kappa shape index (κ1) is 23.3. The second-order valence-electron chi connectivity index (χ2n) is 8.62. The van der Waals surface area contributed by atoms with Crippen molar-refractivity contribution >= 4 is 50.6 Å². The molecule has 1 fully saturated rings. The molecule has 172 valence electrons. The third-order valence-corrected chi connectivity index (χ3v) is 7.56. The molecule has 0 unspecified atom stereocenters. The number of rotatable bonds is 9. The third kappa shape index (κ3) is 4.77. The molecule has 1 amide bonds. The molecule has 2 heterocycles. The monoisotopic (exact) mass is 482 g/mol. The number of halogens is 1. The lowest BCUT2D eigenvalue weighted by Gasteiger charge is -2.53. The number of amides is 1. The highest BCUT2D eigenvalue weighted by molar-refractivity contribution is 7.17. The molecule has 5 nitrogen and oxygen atoms in total. The Bertz CT molecular complexity index is 1210. The molecule has 4 rings (SSSR count). The molecular weight excluding hydrogens is 456 g/mol. The minimum absolute atomic E-state index is 0.0141. The van der Waals surface area contributed by atoms with Gasteiger partial charge in [-0.1, -0.05) is 48.5 Å². The minimum Gasteiger partial charge on any atom is -0.481 e. The Balaban J connectivity index is 1.57. The van der Waals surface area contributed by atoms with Crippen LogP contribution < -0.4 is 0 Å². The van der Waals surface area contributed by atoms with Crippen molar-refractivity contribution in [2.24, 2.45) is 0 Å². The molecule has 1 N–H and O–H groups in total. The number of nitrogens with zero attached hydrogens (tertiary/aromatic N) is 2. The summed E-state index contributed by atoms with van der Waals surface area (Å²) in [6, 6.07) is 15.6. The van der Waals surface area contributed by atoms with Crippen LogP contribution in [0.25, 0.3) is 15.8 Å². The molecule has 2 aromatic carbocycles. The molecule has 0 radical (unpaired) electrons. The SMILES string of the molecule is C=C(c1csc2ccccc12)N1CC[C@]1(C)C(=O)N(CCCC(=O)O)Cc1cccc(Cl)c1. The molecule has 1 aromatic heterocycles. The summed E-state index contributed by atoms with van der Waals surface area (Å²) in [5.74, 6) is -0.876. The molecule has 1 saturated heterocycles. The maximum Gasteiger partial charge on any atom is 0.303 e. The fourth-order valence-corrected chi connectivity index (χ4v) is 5.61. The number of carboxylic acid groups (broad SMARTS) is 1. The van der Waals surface area contributed by atoms with Gasteiger partial charge in [0.15, 0.2) is 0 Å². The van der Waals surface area contributed by atoms with Crippen LogP contribution in [0.1, 0.15) is 37.3 Å². The predicted octanol–water partition coefficient (Wildman–Crippen LogP) is 5.88. The van der Waals surface area contributed by atoms with Gasteiger partial charge in [-0.2, -0.15) is 0 Å². The highest BCUT2D eigenvalue weighted by Crippen LogP contribution is 2.42. The highest BCUT2D eigenvalue weighted by Gasteiger charge is 2.49. The minimum atomic E-state index is -0.862. The Morgan fingerprint density at radius 2 is 2.03 bits per heavy atom. The van der Waals surface area contributed by atoms with Crippen molar-refractivity contribution in [2.75, 3.05) is 13.1 Å². The van der Waals surface area contributed by atoms with Crippen molar-refractivity contribution in [1.82, 2.24) is 9.80 Å². The second-order valence-corrected chi connectivity index (χ2v) is 9.97. The molecule has 1 aliphatic rings. The van der Waals surface area contributed by atoms with E-state index in [0.717, 1.165) is 35.2 Å². The van der Waals surface area contributed by atoms with Gasteiger partial charge >= 0.3 is 5.97 Å². The van der Waals surface area contributed by atoms with Gasteiger partial charge in [0.25, 0.3) is 0 Å². The van der Waals surface area contributed by atoms with Gasteiger partial charge < -0.3 is 14.9 Å². The predicted molar refractivity (Wildman–Crippen MR) is 134 cm³/mol. The summed E-state index contributed by atoms with van der Waals surface area (Å²) in [5.41, 5.74) is 2.11. The summed E-state index contributed by atoms with van der Waals surface area (Å²) in [6.45, 7) is 7.82. The number of carbonyl (C=O) groups excluding carboxylic acids is 1. The standard InChI is InChI=1S/C26H27ClN2O3S/c1-18(22-17-33-23-10-4-3-9-21(22)23)29-14-12-26(29,2)25(32)28(13-6-11-24(30)31)16-19-7-5-8-20(27)15-19/h3-5,7-10,15,17H,1,6,11-14,16H2,2H3,(H,30,31)/t26-/m1/s1. The fraction of sp³-hybridized carbons (Fsp3) is 0.308. The summed E-state index contributed by atoms with van der Waals surface area (Å²) in [5, 5.41) is 12.9. The van der Waals surface area contributed by atoms with Crippen LogP contribution in [0, 0.1) is 0 Å². The van der Waals surface area contributed by atoms with E-state index in [1.807, 2.05) is 37.3 Å². The Kier molecular flexibility index (Phi) is 6.77. The molecular formula is C26H27ClN2O3S. The lowest BCUT2D eigenvalue weighted by Crippen LogP contribution is -2.65. The number of hydrogen-bond donors (Lipinski definition) is 1. The summed E-state index contributed by atoms with van der Waals surface area (Å²) < 4.78 is 1.19. The number of benzene rings is 2. The van der Waals surface area contributed by atoms with Gasteiger partial charge in [-0.15, -0.1) is 11.3 Å². The molecule has 33 heavy (non-hydrogen) atoms. The van der Waals surface area contributed by atoms with E-state index >= 15 is 0 Å². The average Bonchev–Trinajstić information content (AvgIpc) is 3.21. The smallest absolute Gasteiger partial charge is 0.303 e. The zero-order valence-electron chi connectivity index (χ0n) is 18.6. The molecule has 0 saturated carbocycles. The Morgan fingerprint density at radius 3 is 2.73 bits per heavy atom. The topological polar surface area (TPSA) is 60.9 Å². The molecule has 1 aliphatic heterocycles. The summed E-state index contributed by atoms with van der Waals surface area (Å²) in [4.78, 5) is 28.7. The van der Waals surface area contributed by atoms with E-state index in [1.165, 1.54) is 4.70 Å². The molecule has 0 aliphatic carbocycles. The van der Waals surface area contributed by atoms with Crippen LogP contribution in [-0.4, -0.2) is 45.4 Å². The largest absolute Gasteiger partial charge is 0.481 e. The quantitative estimate of drug-likeness (QED) is 0.413. The average molecular weight is 483 g/mol. The highest BCUT2D eigenvalue weighted by atomic mass is 35.5. The van der Waals surface area contributed by atoms with Crippen LogP contribution in [0.5, 0.6) is 0 Å². The number of carbonyl (C=O) groups is 2. The zero-order valence-corrected chi connectivity index (χ0v) is 20.2. The normalized spacial score (nSPS) is 17.6. The number of hydrogen-bond acceptors (Lipinski definition) is 4. The van der Waals surface area contributed by atoms with Crippen LogP contribution in [0.2, 0.25) is 5.02 Å². The summed E-state index contributed by atoms with van der Waals surface area (Å²) in [7, 11) is 0. The number of aliphatic carboxylic acids is 1. The fourth-order valence-electron chi connectivity index (χ4n) is 4.43. The van der Waals surface area contributed by atoms with Crippen molar-refractivity contribution < 1.29 is 14.7 Å². The molecule has 3 aromatic rings. The Morgan fingerprint density at radius 1 is 1.24 bits per heavy atom. The third-order valence-electron chi connectivity index (χ3n) is 6.36. The summed E-state index contributed by atoms with van der Waals surface area (Å²) in [6.07, 6.45) is 1.14. The Labute approximate surface area is 202 Å². The maximum absolute atomic E-state index is 13.8. The van der Waals surface area contributed by atoms with E-state index in [2.05, 4.69) is 29.0 Å². The van der Waals surface area contributed by atoms with Crippen LogP contribution >= 0.6 is 22.9 Å². The van der Waals surface area contributed by atoms with Crippen molar-refractivity contribution in [2.45, 2.75) is 38.3 Å². The molecule has 7 heteroatoms. The number of thiophene rings is 1. The number of likely N-dealkylation sites (tertiary alicyclic amines) is 1. The summed E-state index contributed by atoms with van der Waals surface area (Å²) >= 11 is 7.83. The lowest BCUT2D eigenvalue weighted by molar-refractivity contribution is -0.149. The van der Waals surface area contributed by atoms with Crippen LogP contribution in [0.15, 0.2) is 60.5 Å². The van der Waals surface area contributed by atoms with Gasteiger partial charge in [-0.3, -0.25) is 9.59 Å². The maximum atomic E-state index is 13.8. The van der Waals surface area contributed by atoms with E-state index in [1.54, 1.807) is 22.3 Å². The van der Waals surface area contributed by atoms with Gasteiger partial charge in [0.1, 0.15) is 5.54 Å². The van der Waals surface area contributed by atoms with Gasteiger partial charge in [-0.25, -0.2) is 0 Å². The second kappa shape index (κ2) is 9.57. The van der Waals surface area contributed by atoms with Gasteiger partial charge in [-0.05, 0) is 43.5 Å². The van der Waals surface area contributed by atoms with E-state index < -0.39 is 11.5 Å². The van der Waals surface area contributed by atoms with Gasteiger partial charge in [0.05, 0.1) is 0 Å². The molecule has 1 atom stereocenters. The van der Waals surface area contributed by atoms with Crippen molar-refractivity contribution in [3.8, 4) is 0 Å². The van der Waals surface area contributed by atoms with Crippen LogP contribution in [0.3, 0.4) is 0 Å². The van der Waals surface area contributed by atoms with Crippen molar-refractivity contribution in [1.29, 1.82) is 0 Å². The molecule has 0 spiro atoms. The van der Waals surface area contributed by atoms with E-state index in [0.29, 0.717) is 24.5 Å². The number of carboxylic acids is 1. The lowest BCUT2D eigenvalue weighted by atomic mass is 9.83. The zero-order chi connectivity index (χ0) is 23.6. The number of fused-ring (bicyclic) bond motifs is 1. The van der Waals surface area contributed by atoms with Crippen LogP contribution in [-0.2, 0) is 16.1 Å². The first-order valence-electron chi connectivity index (χ1n) is 11.0. The van der Waals surface area contributed by atoms with Gasteiger partial charge in [0.2, 0.25) is 5.91 Å². The first-order chi connectivity index (χ1) is 15.8. The van der Waals surface area contributed by atoms with Crippen LogP contribution in [0.4, 0.5) is 0 Å². The van der Waals surface area contributed by atoms with E-state index in [4.69, 9.17) is 16.7 Å².